The predicted molar refractivity (Wildman–Crippen MR) is 134 cm³/mol. The average molecular weight is 507 g/mol. The fourth-order valence-electron chi connectivity index (χ4n) is 4.17. The number of morpholine rings is 1. The lowest BCUT2D eigenvalue weighted by Crippen LogP contribution is -2.37. The molecule has 1 N–H and O–H groups in total. The quantitative estimate of drug-likeness (QED) is 0.381. The molecule has 5 rings (SSSR count). The van der Waals surface area contributed by atoms with Gasteiger partial charge in [-0.1, -0.05) is 6.07 Å². The van der Waals surface area contributed by atoms with E-state index in [4.69, 9.17) is 9.47 Å². The zero-order valence-electron chi connectivity index (χ0n) is 20.3. The van der Waals surface area contributed by atoms with Gasteiger partial charge in [-0.25, -0.2) is 23.5 Å². The smallest absolute Gasteiger partial charge is 0.343 e. The molecule has 11 heteroatoms. The Hall–Kier alpha value is -4.25. The molecule has 1 aromatic carbocycles. The zero-order chi connectivity index (χ0) is 25.9. The van der Waals surface area contributed by atoms with Gasteiger partial charge >= 0.3 is 5.97 Å². The van der Waals surface area contributed by atoms with E-state index < -0.39 is 17.6 Å². The summed E-state index contributed by atoms with van der Waals surface area (Å²) in [5.41, 5.74) is 1.94. The molecule has 37 heavy (non-hydrogen) atoms. The summed E-state index contributed by atoms with van der Waals surface area (Å²) in [6.07, 6.45) is 2.99. The van der Waals surface area contributed by atoms with Crippen molar-refractivity contribution in [2.24, 2.45) is 0 Å². The molecule has 0 aliphatic carbocycles. The van der Waals surface area contributed by atoms with Crippen LogP contribution in [0.3, 0.4) is 0 Å². The number of esters is 1. The summed E-state index contributed by atoms with van der Waals surface area (Å²) in [5, 5.41) is 3.19. The number of carbonyl (C=O) groups excluding carboxylic acids is 1. The molecule has 1 aliphatic rings. The van der Waals surface area contributed by atoms with E-state index in [1.54, 1.807) is 38.2 Å². The van der Waals surface area contributed by atoms with Crippen LogP contribution in [0, 0.1) is 18.6 Å². The highest BCUT2D eigenvalue weighted by molar-refractivity contribution is 6.01. The van der Waals surface area contributed by atoms with Crippen LogP contribution >= 0.6 is 0 Å². The Labute approximate surface area is 211 Å². The zero-order valence-corrected chi connectivity index (χ0v) is 20.3. The van der Waals surface area contributed by atoms with Crippen LogP contribution in [0.25, 0.3) is 22.3 Å². The Kier molecular flexibility index (Phi) is 6.87. The van der Waals surface area contributed by atoms with E-state index in [1.807, 2.05) is 4.90 Å². The molecule has 4 aromatic rings. The van der Waals surface area contributed by atoms with Crippen LogP contribution < -0.4 is 10.2 Å². The van der Waals surface area contributed by atoms with E-state index in [-0.39, 0.29) is 34.6 Å². The van der Waals surface area contributed by atoms with E-state index in [0.29, 0.717) is 49.2 Å². The van der Waals surface area contributed by atoms with Gasteiger partial charge in [0.25, 0.3) is 0 Å². The standard InChI is InChI=1S/C26H24F2N6O3/c1-3-37-25(35)17-14-30-26(34-8-10-36-11-9-34)33-24(17)32-23-15(2)22(19-6-4-5-7-29-19)31-20-13-16(27)12-18(28)21(20)23/h4-7,12-14H,3,8-11H2,1-2H3,(H,30,31,32,33). The molecule has 1 aliphatic heterocycles. The molecule has 1 fully saturated rings. The second-order valence-electron chi connectivity index (χ2n) is 8.33. The number of pyridine rings is 2. The average Bonchev–Trinajstić information content (AvgIpc) is 2.91. The van der Waals surface area contributed by atoms with Crippen molar-refractivity contribution >= 4 is 34.3 Å². The highest BCUT2D eigenvalue weighted by Gasteiger charge is 2.24. The Morgan fingerprint density at radius 1 is 1.16 bits per heavy atom. The Morgan fingerprint density at radius 2 is 1.97 bits per heavy atom. The molecule has 9 nitrogen and oxygen atoms in total. The third-order valence-electron chi connectivity index (χ3n) is 5.96. The summed E-state index contributed by atoms with van der Waals surface area (Å²) in [5.74, 6) is -1.69. The monoisotopic (exact) mass is 506 g/mol. The summed E-state index contributed by atoms with van der Waals surface area (Å²) in [4.78, 5) is 32.5. The van der Waals surface area contributed by atoms with Crippen LogP contribution in [-0.4, -0.2) is 58.8 Å². The number of hydrogen-bond donors (Lipinski definition) is 1. The first kappa shape index (κ1) is 24.4. The van der Waals surface area contributed by atoms with Gasteiger partial charge in [-0.05, 0) is 26.0 Å². The van der Waals surface area contributed by atoms with E-state index >= 15 is 4.39 Å². The second-order valence-corrected chi connectivity index (χ2v) is 8.33. The molecule has 190 valence electrons. The number of hydrogen-bond acceptors (Lipinski definition) is 9. The molecule has 0 unspecified atom stereocenters. The minimum atomic E-state index is -0.805. The summed E-state index contributed by atoms with van der Waals surface area (Å²) in [6, 6.07) is 7.26. The third kappa shape index (κ3) is 4.90. The first-order valence-electron chi connectivity index (χ1n) is 11.8. The van der Waals surface area contributed by atoms with Crippen molar-refractivity contribution in [3.05, 3.63) is 65.5 Å². The maximum absolute atomic E-state index is 15.2. The van der Waals surface area contributed by atoms with Crippen molar-refractivity contribution in [3.63, 3.8) is 0 Å². The molecule has 0 spiro atoms. The highest BCUT2D eigenvalue weighted by atomic mass is 19.1. The van der Waals surface area contributed by atoms with Gasteiger partial charge in [-0.2, -0.15) is 4.98 Å². The molecule has 0 amide bonds. The summed E-state index contributed by atoms with van der Waals surface area (Å²) in [6.45, 7) is 5.78. The van der Waals surface area contributed by atoms with Crippen LogP contribution in [0.5, 0.6) is 0 Å². The van der Waals surface area contributed by atoms with Crippen molar-refractivity contribution in [1.82, 2.24) is 19.9 Å². The Bertz CT molecular complexity index is 1460. The predicted octanol–water partition coefficient (Wildman–Crippen LogP) is 4.43. The van der Waals surface area contributed by atoms with Gasteiger partial charge < -0.3 is 19.7 Å². The van der Waals surface area contributed by atoms with Crippen LogP contribution in [0.15, 0.2) is 42.7 Å². The molecule has 4 heterocycles. The molecular weight excluding hydrogens is 482 g/mol. The molecule has 0 saturated carbocycles. The second kappa shape index (κ2) is 10.4. The maximum atomic E-state index is 15.2. The number of rotatable bonds is 6. The number of halogens is 2. The minimum absolute atomic E-state index is 0.0555. The van der Waals surface area contributed by atoms with E-state index in [9.17, 15) is 9.18 Å². The van der Waals surface area contributed by atoms with Gasteiger partial charge in [0.15, 0.2) is 5.82 Å². The van der Waals surface area contributed by atoms with Crippen LogP contribution in [-0.2, 0) is 9.47 Å². The minimum Gasteiger partial charge on any atom is -0.462 e. The molecule has 0 atom stereocenters. The Morgan fingerprint density at radius 3 is 2.70 bits per heavy atom. The first-order valence-corrected chi connectivity index (χ1v) is 11.8. The van der Waals surface area contributed by atoms with E-state index in [1.165, 1.54) is 6.20 Å². The third-order valence-corrected chi connectivity index (χ3v) is 5.96. The van der Waals surface area contributed by atoms with E-state index in [2.05, 4.69) is 25.3 Å². The van der Waals surface area contributed by atoms with Crippen molar-refractivity contribution in [1.29, 1.82) is 0 Å². The maximum Gasteiger partial charge on any atom is 0.343 e. The van der Waals surface area contributed by atoms with Gasteiger partial charge in [-0.3, -0.25) is 4.98 Å². The highest BCUT2D eigenvalue weighted by Crippen LogP contribution is 2.37. The van der Waals surface area contributed by atoms with Gasteiger partial charge in [0.2, 0.25) is 5.95 Å². The Balaban J connectivity index is 1.70. The number of fused-ring (bicyclic) bond motifs is 1. The van der Waals surface area contributed by atoms with Gasteiger partial charge in [0, 0.05) is 43.2 Å². The summed E-state index contributed by atoms with van der Waals surface area (Å²) >= 11 is 0. The first-order chi connectivity index (χ1) is 18.0. The normalized spacial score (nSPS) is 13.6. The number of nitrogens with one attached hydrogen (secondary N) is 1. The number of nitrogens with zero attached hydrogens (tertiary/aromatic N) is 5. The lowest BCUT2D eigenvalue weighted by molar-refractivity contribution is 0.0526. The SMILES string of the molecule is CCOC(=O)c1cnc(N2CCOCC2)nc1Nc1c(C)c(-c2ccccn2)nc2cc(F)cc(F)c12. The van der Waals surface area contributed by atoms with Crippen LogP contribution in [0.1, 0.15) is 22.8 Å². The topological polar surface area (TPSA) is 102 Å². The molecule has 0 radical (unpaired) electrons. The number of aromatic nitrogens is 4. The number of anilines is 3. The largest absolute Gasteiger partial charge is 0.462 e. The molecular formula is C26H24F2N6O3. The van der Waals surface area contributed by atoms with Gasteiger partial charge in [0.1, 0.15) is 17.2 Å². The van der Waals surface area contributed by atoms with Crippen molar-refractivity contribution < 1.29 is 23.0 Å². The molecule has 1 saturated heterocycles. The lowest BCUT2D eigenvalue weighted by Gasteiger charge is -2.27. The summed E-state index contributed by atoms with van der Waals surface area (Å²) < 4.78 is 40.0. The number of ether oxygens (including phenoxy) is 2. The van der Waals surface area contributed by atoms with Crippen molar-refractivity contribution in [2.75, 3.05) is 43.1 Å². The fourth-order valence-corrected chi connectivity index (χ4v) is 4.17. The molecule has 0 bridgehead atoms. The van der Waals surface area contributed by atoms with Crippen LogP contribution in [0.4, 0.5) is 26.2 Å². The van der Waals surface area contributed by atoms with Crippen molar-refractivity contribution in [3.8, 4) is 11.4 Å². The number of benzene rings is 1. The van der Waals surface area contributed by atoms with Crippen molar-refractivity contribution in [2.45, 2.75) is 13.8 Å². The van der Waals surface area contributed by atoms with E-state index in [0.717, 1.165) is 12.1 Å². The van der Waals surface area contributed by atoms with Crippen LogP contribution in [0.2, 0.25) is 0 Å². The van der Waals surface area contributed by atoms with Gasteiger partial charge in [0.05, 0.1) is 47.8 Å². The summed E-state index contributed by atoms with van der Waals surface area (Å²) in [7, 11) is 0. The lowest BCUT2D eigenvalue weighted by atomic mass is 10.0. The molecule has 3 aromatic heterocycles. The number of carbonyl (C=O) groups is 1. The van der Waals surface area contributed by atoms with Gasteiger partial charge in [-0.15, -0.1) is 0 Å². The fraction of sp³-hybridized carbons (Fsp3) is 0.269.